The summed E-state index contributed by atoms with van der Waals surface area (Å²) in [5, 5.41) is 11.5. The predicted molar refractivity (Wildman–Crippen MR) is 133 cm³/mol. The van der Waals surface area contributed by atoms with Gasteiger partial charge in [0.05, 0.1) is 27.2 Å². The number of rotatable bonds is 4. The van der Waals surface area contributed by atoms with E-state index in [0.29, 0.717) is 5.56 Å². The van der Waals surface area contributed by atoms with Crippen molar-refractivity contribution in [2.24, 2.45) is 0 Å². The van der Waals surface area contributed by atoms with Crippen LogP contribution in [-0.2, 0) is 15.8 Å². The van der Waals surface area contributed by atoms with Crippen molar-refractivity contribution < 1.29 is 27.9 Å². The van der Waals surface area contributed by atoms with Crippen LogP contribution in [0.25, 0.3) is 5.76 Å². The van der Waals surface area contributed by atoms with Crippen molar-refractivity contribution in [1.82, 2.24) is 0 Å². The molecule has 4 rings (SSSR count). The van der Waals surface area contributed by atoms with Gasteiger partial charge in [-0.3, -0.25) is 14.5 Å². The number of carbonyl (C=O) groups is 2. The lowest BCUT2D eigenvalue weighted by Crippen LogP contribution is -2.29. The average molecular weight is 535 g/mol. The number of halogens is 5. The van der Waals surface area contributed by atoms with Gasteiger partial charge in [-0.15, -0.1) is 0 Å². The summed E-state index contributed by atoms with van der Waals surface area (Å²) in [5.74, 6) is -2.46. The Morgan fingerprint density at radius 2 is 1.53 bits per heavy atom. The predicted octanol–water partition coefficient (Wildman–Crippen LogP) is 6.70. The second-order valence-corrected chi connectivity index (χ2v) is 9.14. The molecule has 3 aromatic carbocycles. The SMILES string of the molecule is CN(C)c1ccc(C2/C(=C(/O)c3ccc(Cl)c(Cl)c3)C(=O)C(=O)N2c2ccc(C(F)(F)F)cc2)cc1. The first-order valence-corrected chi connectivity index (χ1v) is 11.4. The lowest BCUT2D eigenvalue weighted by molar-refractivity contribution is -0.137. The van der Waals surface area contributed by atoms with Crippen LogP contribution in [0, 0.1) is 0 Å². The van der Waals surface area contributed by atoms with Crippen LogP contribution in [0.15, 0.2) is 72.3 Å². The molecule has 1 aliphatic rings. The minimum atomic E-state index is -4.57. The summed E-state index contributed by atoms with van der Waals surface area (Å²) in [4.78, 5) is 29.3. The van der Waals surface area contributed by atoms with Crippen molar-refractivity contribution in [1.29, 1.82) is 0 Å². The average Bonchev–Trinajstić information content (AvgIpc) is 3.10. The molecule has 1 saturated heterocycles. The second kappa shape index (κ2) is 9.52. The monoisotopic (exact) mass is 534 g/mol. The van der Waals surface area contributed by atoms with E-state index in [1.54, 1.807) is 24.3 Å². The van der Waals surface area contributed by atoms with E-state index in [9.17, 15) is 27.9 Å². The number of hydrogen-bond acceptors (Lipinski definition) is 4. The fourth-order valence-electron chi connectivity index (χ4n) is 3.98. The number of hydrogen-bond donors (Lipinski definition) is 1. The van der Waals surface area contributed by atoms with Gasteiger partial charge in [0.15, 0.2) is 0 Å². The lowest BCUT2D eigenvalue weighted by atomic mass is 9.95. The standard InChI is InChI=1S/C26H19Cl2F3N2O3/c1-32(2)17-8-3-14(4-9-17)22-21(23(34)15-5-12-19(27)20(28)13-15)24(35)25(36)33(22)18-10-6-16(7-11-18)26(29,30)31/h3-13,22,34H,1-2H3/b23-21-. The second-order valence-electron chi connectivity index (χ2n) is 8.33. The number of Topliss-reactive ketones (excluding diaryl/α,β-unsaturated/α-hetero) is 1. The van der Waals surface area contributed by atoms with Gasteiger partial charge in [0, 0.05) is 31.0 Å². The molecular formula is C26H19Cl2F3N2O3. The molecule has 1 aliphatic heterocycles. The van der Waals surface area contributed by atoms with Crippen LogP contribution in [0.2, 0.25) is 10.0 Å². The fraction of sp³-hybridized carbons (Fsp3) is 0.154. The summed E-state index contributed by atoms with van der Waals surface area (Å²) >= 11 is 12.0. The molecule has 1 amide bonds. The summed E-state index contributed by atoms with van der Waals surface area (Å²) < 4.78 is 39.3. The van der Waals surface area contributed by atoms with Gasteiger partial charge in [0.2, 0.25) is 0 Å². The summed E-state index contributed by atoms with van der Waals surface area (Å²) in [5.41, 5.74) is 0.419. The summed E-state index contributed by atoms with van der Waals surface area (Å²) in [6.07, 6.45) is -4.57. The number of alkyl halides is 3. The zero-order chi connectivity index (χ0) is 26.4. The molecule has 1 unspecified atom stereocenters. The van der Waals surface area contributed by atoms with Crippen LogP contribution < -0.4 is 9.80 Å². The van der Waals surface area contributed by atoms with Gasteiger partial charge in [-0.25, -0.2) is 0 Å². The topological polar surface area (TPSA) is 60.9 Å². The van der Waals surface area contributed by atoms with Crippen molar-refractivity contribution in [2.45, 2.75) is 12.2 Å². The van der Waals surface area contributed by atoms with Crippen molar-refractivity contribution in [3.63, 3.8) is 0 Å². The molecule has 186 valence electrons. The van der Waals surface area contributed by atoms with Crippen molar-refractivity contribution in [3.8, 4) is 0 Å². The van der Waals surface area contributed by atoms with Gasteiger partial charge in [0.1, 0.15) is 5.76 Å². The summed E-state index contributed by atoms with van der Waals surface area (Å²) in [6, 6.07) is 13.9. The first-order valence-electron chi connectivity index (χ1n) is 10.6. The normalized spacial score (nSPS) is 17.5. The lowest BCUT2D eigenvalue weighted by Gasteiger charge is -2.26. The number of anilines is 2. The van der Waals surface area contributed by atoms with Crippen LogP contribution in [-0.4, -0.2) is 30.9 Å². The Morgan fingerprint density at radius 3 is 2.06 bits per heavy atom. The highest BCUT2D eigenvalue weighted by atomic mass is 35.5. The zero-order valence-electron chi connectivity index (χ0n) is 19.0. The van der Waals surface area contributed by atoms with Crippen LogP contribution >= 0.6 is 23.2 Å². The minimum absolute atomic E-state index is 0.0694. The summed E-state index contributed by atoms with van der Waals surface area (Å²) in [7, 11) is 3.68. The number of benzene rings is 3. The van der Waals surface area contributed by atoms with E-state index in [4.69, 9.17) is 23.2 Å². The molecule has 5 nitrogen and oxygen atoms in total. The maximum Gasteiger partial charge on any atom is 0.416 e. The van der Waals surface area contributed by atoms with E-state index in [1.807, 2.05) is 19.0 Å². The number of carbonyl (C=O) groups excluding carboxylic acids is 2. The molecule has 3 aromatic rings. The molecule has 0 radical (unpaired) electrons. The molecule has 0 aliphatic carbocycles. The Hall–Kier alpha value is -3.49. The number of aliphatic hydroxyl groups excluding tert-OH is 1. The van der Waals surface area contributed by atoms with E-state index < -0.39 is 35.2 Å². The largest absolute Gasteiger partial charge is 0.507 e. The van der Waals surface area contributed by atoms with Crippen molar-refractivity contribution in [3.05, 3.63) is 99.0 Å². The van der Waals surface area contributed by atoms with Crippen LogP contribution in [0.3, 0.4) is 0 Å². The summed E-state index contributed by atoms with van der Waals surface area (Å²) in [6.45, 7) is 0. The molecule has 1 N–H and O–H groups in total. The van der Waals surface area contributed by atoms with Crippen molar-refractivity contribution >= 4 is 52.0 Å². The molecule has 1 heterocycles. The fourth-order valence-corrected chi connectivity index (χ4v) is 4.28. The van der Waals surface area contributed by atoms with E-state index in [-0.39, 0.29) is 26.9 Å². The first kappa shape index (κ1) is 25.6. The molecule has 0 aromatic heterocycles. The van der Waals surface area contributed by atoms with E-state index >= 15 is 0 Å². The first-order chi connectivity index (χ1) is 16.9. The van der Waals surface area contributed by atoms with Gasteiger partial charge in [-0.05, 0) is 60.2 Å². The molecule has 0 spiro atoms. The molecule has 1 atom stereocenters. The van der Waals surface area contributed by atoms with Crippen molar-refractivity contribution in [2.75, 3.05) is 23.9 Å². The number of aliphatic hydroxyl groups is 1. The van der Waals surface area contributed by atoms with E-state index in [2.05, 4.69) is 0 Å². The smallest absolute Gasteiger partial charge is 0.416 e. The molecule has 10 heteroatoms. The highest BCUT2D eigenvalue weighted by molar-refractivity contribution is 6.51. The Morgan fingerprint density at radius 1 is 0.917 bits per heavy atom. The number of ketones is 1. The Bertz CT molecular complexity index is 1370. The van der Waals surface area contributed by atoms with Gasteiger partial charge >= 0.3 is 6.18 Å². The third kappa shape index (κ3) is 4.66. The van der Waals surface area contributed by atoms with Crippen LogP contribution in [0.1, 0.15) is 22.7 Å². The van der Waals surface area contributed by atoms with E-state index in [1.165, 1.54) is 18.2 Å². The molecule has 0 saturated carbocycles. The maximum atomic E-state index is 13.2. The third-order valence-corrected chi connectivity index (χ3v) is 6.57. The third-order valence-electron chi connectivity index (χ3n) is 5.84. The van der Waals surface area contributed by atoms with Crippen LogP contribution in [0.4, 0.5) is 24.5 Å². The van der Waals surface area contributed by atoms with E-state index in [0.717, 1.165) is 34.9 Å². The zero-order valence-corrected chi connectivity index (χ0v) is 20.5. The quantitative estimate of drug-likeness (QED) is 0.229. The highest BCUT2D eigenvalue weighted by Gasteiger charge is 2.47. The minimum Gasteiger partial charge on any atom is -0.507 e. The number of nitrogens with zero attached hydrogens (tertiary/aromatic N) is 2. The molecule has 0 bridgehead atoms. The molecule has 1 fully saturated rings. The Kier molecular flexibility index (Phi) is 6.77. The Balaban J connectivity index is 1.91. The molecular weight excluding hydrogens is 516 g/mol. The van der Waals surface area contributed by atoms with Gasteiger partial charge in [-0.1, -0.05) is 35.3 Å². The van der Waals surface area contributed by atoms with Gasteiger partial charge in [-0.2, -0.15) is 13.2 Å². The Labute approximate surface area is 215 Å². The molecule has 36 heavy (non-hydrogen) atoms. The number of amides is 1. The maximum absolute atomic E-state index is 13.2. The van der Waals surface area contributed by atoms with Gasteiger partial charge in [0.25, 0.3) is 11.7 Å². The highest BCUT2D eigenvalue weighted by Crippen LogP contribution is 2.43. The van der Waals surface area contributed by atoms with Crippen LogP contribution in [0.5, 0.6) is 0 Å². The van der Waals surface area contributed by atoms with Gasteiger partial charge < -0.3 is 10.0 Å².